The Morgan fingerprint density at radius 3 is 1.12 bits per heavy atom. The van der Waals surface area contributed by atoms with E-state index in [4.69, 9.17) is 0 Å². The third-order valence-electron chi connectivity index (χ3n) is 10.9. The van der Waals surface area contributed by atoms with Crippen molar-refractivity contribution in [2.45, 2.75) is 112 Å². The van der Waals surface area contributed by atoms with Crippen molar-refractivity contribution in [1.82, 2.24) is 0 Å². The van der Waals surface area contributed by atoms with E-state index in [1.807, 2.05) is 0 Å². The zero-order chi connectivity index (χ0) is 36.1. The Balaban J connectivity index is 1.63. The molecule has 5 aromatic carbocycles. The number of nitrogens with zero attached hydrogens (tertiary/aromatic N) is 2. The van der Waals surface area contributed by atoms with Gasteiger partial charge in [-0.05, 0) is 116 Å². The molecule has 0 aliphatic carbocycles. The molecule has 5 aromatic rings. The highest BCUT2D eigenvalue weighted by atomic mass is 15.2. The van der Waals surface area contributed by atoms with Crippen molar-refractivity contribution < 1.29 is 0 Å². The Labute approximate surface area is 302 Å². The predicted octanol–water partition coefficient (Wildman–Crippen LogP) is 11.3. The molecule has 0 unspecified atom stereocenters. The summed E-state index contributed by atoms with van der Waals surface area (Å²) in [6.45, 7) is 30.2. The lowest BCUT2D eigenvalue weighted by atomic mass is 9.33. The zero-order valence-corrected chi connectivity index (χ0v) is 32.7. The number of aryl methyl sites for hydroxylation is 1. The van der Waals surface area contributed by atoms with Crippen molar-refractivity contribution in [2.24, 2.45) is 0 Å². The van der Waals surface area contributed by atoms with Crippen LogP contribution >= 0.6 is 0 Å². The summed E-state index contributed by atoms with van der Waals surface area (Å²) in [5, 5.41) is 0. The van der Waals surface area contributed by atoms with Gasteiger partial charge < -0.3 is 9.80 Å². The predicted molar refractivity (Wildman–Crippen MR) is 220 cm³/mol. The molecule has 0 aromatic heterocycles. The summed E-state index contributed by atoms with van der Waals surface area (Å²) in [5.41, 5.74) is 18.4. The van der Waals surface area contributed by atoms with Crippen molar-refractivity contribution in [1.29, 1.82) is 0 Å². The van der Waals surface area contributed by atoms with E-state index >= 15 is 0 Å². The fraction of sp³-hybridized carbons (Fsp3) is 0.362. The topological polar surface area (TPSA) is 6.48 Å². The molecule has 0 amide bonds. The molecular weight excluding hydrogens is 603 g/mol. The lowest BCUT2D eigenvalue weighted by Crippen LogP contribution is -2.61. The molecule has 0 bridgehead atoms. The van der Waals surface area contributed by atoms with Crippen LogP contribution in [0.1, 0.15) is 111 Å². The van der Waals surface area contributed by atoms with Gasteiger partial charge in [-0.15, -0.1) is 0 Å². The minimum atomic E-state index is -0.0471. The summed E-state index contributed by atoms with van der Waals surface area (Å²) in [5.74, 6) is 0. The first-order chi connectivity index (χ1) is 23.2. The highest BCUT2D eigenvalue weighted by molar-refractivity contribution is 7.00. The van der Waals surface area contributed by atoms with Crippen molar-refractivity contribution in [3.8, 4) is 0 Å². The van der Waals surface area contributed by atoms with E-state index in [1.165, 1.54) is 78.3 Å². The van der Waals surface area contributed by atoms with Gasteiger partial charge in [-0.3, -0.25) is 0 Å². The van der Waals surface area contributed by atoms with Gasteiger partial charge in [0.1, 0.15) is 0 Å². The van der Waals surface area contributed by atoms with E-state index in [0.29, 0.717) is 0 Å². The number of hydrogen-bond donors (Lipinski definition) is 0. The van der Waals surface area contributed by atoms with Gasteiger partial charge in [-0.25, -0.2) is 0 Å². The average Bonchev–Trinajstić information content (AvgIpc) is 3.03. The molecule has 3 heteroatoms. The van der Waals surface area contributed by atoms with E-state index < -0.39 is 0 Å². The summed E-state index contributed by atoms with van der Waals surface area (Å²) < 4.78 is 0. The van der Waals surface area contributed by atoms with E-state index in [9.17, 15) is 0 Å². The first-order valence-corrected chi connectivity index (χ1v) is 18.5. The van der Waals surface area contributed by atoms with Crippen molar-refractivity contribution >= 4 is 57.2 Å². The highest BCUT2D eigenvalue weighted by Gasteiger charge is 2.45. The van der Waals surface area contributed by atoms with Gasteiger partial charge in [-0.2, -0.15) is 0 Å². The normalized spacial score (nSPS) is 14.4. The summed E-state index contributed by atoms with van der Waals surface area (Å²) in [4.78, 5) is 5.11. The van der Waals surface area contributed by atoms with Crippen LogP contribution in [0.3, 0.4) is 0 Å². The molecule has 0 saturated heterocycles. The maximum absolute atomic E-state index is 2.56. The number of fused-ring (bicyclic) bond motifs is 4. The fourth-order valence-electron chi connectivity index (χ4n) is 7.73. The molecule has 0 fully saturated rings. The first kappa shape index (κ1) is 34.2. The minimum absolute atomic E-state index is 0.0199. The molecule has 2 heterocycles. The van der Waals surface area contributed by atoms with Gasteiger partial charge in [0.15, 0.2) is 0 Å². The van der Waals surface area contributed by atoms with Gasteiger partial charge in [0.25, 0.3) is 6.71 Å². The number of rotatable bonds is 2. The molecule has 0 spiro atoms. The second kappa shape index (κ2) is 11.4. The summed E-state index contributed by atoms with van der Waals surface area (Å²) in [6, 6.07) is 38.0. The van der Waals surface area contributed by atoms with Crippen molar-refractivity contribution in [2.75, 3.05) is 9.80 Å². The van der Waals surface area contributed by atoms with Crippen LogP contribution in [-0.4, -0.2) is 6.71 Å². The Bertz CT molecular complexity index is 2090. The molecular formula is C47H55BN2. The second-order valence-electron chi connectivity index (χ2n) is 19.0. The van der Waals surface area contributed by atoms with Crippen LogP contribution in [0.5, 0.6) is 0 Å². The Hall–Kier alpha value is -4.24. The molecule has 2 aliphatic rings. The van der Waals surface area contributed by atoms with Crippen LogP contribution in [0.2, 0.25) is 0 Å². The Kier molecular flexibility index (Phi) is 7.80. The van der Waals surface area contributed by atoms with E-state index in [0.717, 1.165) is 0 Å². The summed E-state index contributed by atoms with van der Waals surface area (Å²) in [7, 11) is 0. The molecule has 256 valence electrons. The van der Waals surface area contributed by atoms with E-state index in [1.54, 1.807) is 0 Å². The van der Waals surface area contributed by atoms with Crippen molar-refractivity contribution in [3.05, 3.63) is 125 Å². The van der Waals surface area contributed by atoms with Gasteiger partial charge >= 0.3 is 0 Å². The van der Waals surface area contributed by atoms with Crippen LogP contribution in [0, 0.1) is 6.92 Å². The fourth-order valence-corrected chi connectivity index (χ4v) is 7.73. The minimum Gasteiger partial charge on any atom is -0.311 e. The first-order valence-electron chi connectivity index (χ1n) is 18.5. The molecule has 2 aliphatic heterocycles. The number of hydrogen-bond acceptors (Lipinski definition) is 2. The molecule has 0 radical (unpaired) electrons. The van der Waals surface area contributed by atoms with Gasteiger partial charge in [0, 0.05) is 34.1 Å². The molecule has 50 heavy (non-hydrogen) atoms. The van der Waals surface area contributed by atoms with Crippen LogP contribution in [0.15, 0.2) is 97.1 Å². The summed E-state index contributed by atoms with van der Waals surface area (Å²) >= 11 is 0. The average molecular weight is 659 g/mol. The monoisotopic (exact) mass is 658 g/mol. The Morgan fingerprint density at radius 1 is 0.380 bits per heavy atom. The lowest BCUT2D eigenvalue weighted by molar-refractivity contribution is 0.589. The standard InChI is InChI=1S/C47H55BN2/c1-30-14-20-35(21-15-30)49-39-24-18-32(45(5,6)7)26-37(39)48-38-27-33(46(8,9)10)19-25-40(38)50(36-22-16-31(17-23-36)44(2,3)4)42-29-34(47(11,12)13)28-41(49)43(42)48/h14-29H,1-13H3. The SMILES string of the molecule is Cc1ccc(N2c3ccc(C(C)(C)C)cc3B3c4cc(C(C)(C)C)ccc4N(c4ccc(C(C)(C)C)cc4)c4cc(C(C)(C)C)cc2c43)cc1. The highest BCUT2D eigenvalue weighted by Crippen LogP contribution is 2.47. The van der Waals surface area contributed by atoms with Crippen LogP contribution < -0.4 is 26.2 Å². The smallest absolute Gasteiger partial charge is 0.252 e. The third-order valence-corrected chi connectivity index (χ3v) is 10.9. The van der Waals surface area contributed by atoms with Gasteiger partial charge in [0.2, 0.25) is 0 Å². The largest absolute Gasteiger partial charge is 0.311 e. The molecule has 0 atom stereocenters. The number of anilines is 6. The van der Waals surface area contributed by atoms with Crippen molar-refractivity contribution in [3.63, 3.8) is 0 Å². The van der Waals surface area contributed by atoms with Crippen LogP contribution in [0.4, 0.5) is 34.1 Å². The molecule has 0 N–H and O–H groups in total. The zero-order valence-electron chi connectivity index (χ0n) is 32.7. The van der Waals surface area contributed by atoms with E-state index in [2.05, 4.69) is 197 Å². The third kappa shape index (κ3) is 5.77. The van der Waals surface area contributed by atoms with Crippen LogP contribution in [-0.2, 0) is 21.7 Å². The maximum atomic E-state index is 2.56. The van der Waals surface area contributed by atoms with Gasteiger partial charge in [0.05, 0.1) is 0 Å². The summed E-state index contributed by atoms with van der Waals surface area (Å²) in [6.07, 6.45) is 0. The number of benzene rings is 5. The molecule has 0 saturated carbocycles. The molecule has 2 nitrogen and oxygen atoms in total. The second-order valence-corrected chi connectivity index (χ2v) is 19.0. The van der Waals surface area contributed by atoms with Crippen LogP contribution in [0.25, 0.3) is 0 Å². The van der Waals surface area contributed by atoms with Gasteiger partial charge in [-0.1, -0.05) is 137 Å². The lowest BCUT2D eigenvalue weighted by Gasteiger charge is -2.45. The Morgan fingerprint density at radius 2 is 0.740 bits per heavy atom. The van der Waals surface area contributed by atoms with E-state index in [-0.39, 0.29) is 28.4 Å². The maximum Gasteiger partial charge on any atom is 0.252 e. The molecule has 7 rings (SSSR count). The quantitative estimate of drug-likeness (QED) is 0.171.